The molecular weight excluding hydrogens is 635 g/mol. The molecule has 0 bridgehead atoms. The Morgan fingerprint density at radius 3 is 2.47 bits per heavy atom. The van der Waals surface area contributed by atoms with Gasteiger partial charge in [0.2, 0.25) is 5.79 Å². The molecule has 7 rings (SSSR count). The van der Waals surface area contributed by atoms with E-state index in [-0.39, 0.29) is 6.10 Å². The molecule has 5 aromatic rings. The minimum Gasteiger partial charge on any atom is -0.491 e. The zero-order valence-corrected chi connectivity index (χ0v) is 27.6. The van der Waals surface area contributed by atoms with Crippen LogP contribution in [0, 0.1) is 6.92 Å². The molecule has 0 saturated carbocycles. The molecule has 4 heterocycles. The summed E-state index contributed by atoms with van der Waals surface area (Å²) < 4.78 is 20.9. The molecule has 11 heteroatoms. The predicted molar refractivity (Wildman–Crippen MR) is 183 cm³/mol. The highest BCUT2D eigenvalue weighted by Crippen LogP contribution is 2.40. The molecule has 2 fully saturated rings. The molecule has 2 unspecified atom stereocenters. The Morgan fingerprint density at radius 1 is 0.936 bits per heavy atom. The van der Waals surface area contributed by atoms with E-state index in [1.54, 1.807) is 24.7 Å². The van der Waals surface area contributed by atoms with E-state index in [9.17, 15) is 0 Å². The second-order valence-electron chi connectivity index (χ2n) is 11.9. The van der Waals surface area contributed by atoms with E-state index in [4.69, 9.17) is 37.4 Å². The molecular formula is C36H36Cl2N6O3. The quantitative estimate of drug-likeness (QED) is 0.164. The molecule has 2 aliphatic rings. The van der Waals surface area contributed by atoms with Crippen molar-refractivity contribution in [1.82, 2.24) is 24.4 Å². The van der Waals surface area contributed by atoms with Crippen LogP contribution in [0.15, 0.2) is 97.7 Å². The maximum atomic E-state index is 6.60. The molecule has 2 atom stereocenters. The first-order chi connectivity index (χ1) is 22.9. The first-order valence-electron chi connectivity index (χ1n) is 15.7. The number of imidazole rings is 1. The summed E-state index contributed by atoms with van der Waals surface area (Å²) in [6, 6.07) is 24.1. The Morgan fingerprint density at radius 2 is 1.74 bits per heavy atom. The molecule has 0 aliphatic carbocycles. The van der Waals surface area contributed by atoms with Gasteiger partial charge in [0.25, 0.3) is 0 Å². The molecule has 47 heavy (non-hydrogen) atoms. The highest BCUT2D eigenvalue weighted by atomic mass is 35.5. The summed E-state index contributed by atoms with van der Waals surface area (Å²) in [6.45, 7) is 7.94. The number of ether oxygens (including phenoxy) is 3. The predicted octanol–water partition coefficient (Wildman–Crippen LogP) is 6.62. The first kappa shape index (κ1) is 31.6. The van der Waals surface area contributed by atoms with Crippen molar-refractivity contribution in [1.29, 1.82) is 0 Å². The number of halogens is 2. The van der Waals surface area contributed by atoms with Crippen LogP contribution in [0.25, 0.3) is 11.4 Å². The van der Waals surface area contributed by atoms with Crippen molar-refractivity contribution >= 4 is 28.9 Å². The lowest BCUT2D eigenvalue weighted by Crippen LogP contribution is -2.45. The molecule has 2 saturated heterocycles. The fraction of sp³-hybridized carbons (Fsp3) is 0.306. The maximum absolute atomic E-state index is 6.60. The number of benzene rings is 3. The Bertz CT molecular complexity index is 1780. The van der Waals surface area contributed by atoms with E-state index in [0.29, 0.717) is 29.8 Å². The normalized spacial score (nSPS) is 20.1. The van der Waals surface area contributed by atoms with E-state index in [1.807, 2.05) is 48.1 Å². The topological polar surface area (TPSA) is 77.8 Å². The van der Waals surface area contributed by atoms with Crippen molar-refractivity contribution in [2.45, 2.75) is 31.9 Å². The first-order valence-corrected chi connectivity index (χ1v) is 16.5. The van der Waals surface area contributed by atoms with Gasteiger partial charge in [-0.15, -0.1) is 0 Å². The molecule has 2 aromatic heterocycles. The van der Waals surface area contributed by atoms with Crippen LogP contribution in [-0.2, 0) is 28.4 Å². The van der Waals surface area contributed by atoms with E-state index < -0.39 is 5.79 Å². The lowest BCUT2D eigenvalue weighted by molar-refractivity contribution is -0.189. The van der Waals surface area contributed by atoms with Crippen molar-refractivity contribution in [2.24, 2.45) is 0 Å². The summed E-state index contributed by atoms with van der Waals surface area (Å²) in [6.07, 6.45) is 6.84. The summed E-state index contributed by atoms with van der Waals surface area (Å²) in [7, 11) is 0. The Balaban J connectivity index is 0.905. The third-order valence-electron chi connectivity index (χ3n) is 8.57. The van der Waals surface area contributed by atoms with Gasteiger partial charge in [0, 0.05) is 78.8 Å². The average Bonchev–Trinajstić information content (AvgIpc) is 3.75. The molecule has 0 radical (unpaired) electrons. The van der Waals surface area contributed by atoms with Gasteiger partial charge < -0.3 is 23.7 Å². The number of hydrogen-bond acceptors (Lipinski definition) is 8. The zero-order chi connectivity index (χ0) is 32.2. The minimum absolute atomic E-state index is 0.287. The van der Waals surface area contributed by atoms with Gasteiger partial charge >= 0.3 is 0 Å². The Kier molecular flexibility index (Phi) is 9.42. The highest BCUT2D eigenvalue weighted by Gasteiger charge is 2.45. The number of rotatable bonds is 10. The highest BCUT2D eigenvalue weighted by molar-refractivity contribution is 6.35. The van der Waals surface area contributed by atoms with E-state index in [0.717, 1.165) is 61.1 Å². The van der Waals surface area contributed by atoms with Crippen molar-refractivity contribution in [3.05, 3.63) is 125 Å². The van der Waals surface area contributed by atoms with Gasteiger partial charge in [-0.2, -0.15) is 0 Å². The summed E-state index contributed by atoms with van der Waals surface area (Å²) in [5.74, 6) is 0.472. The van der Waals surface area contributed by atoms with Crippen LogP contribution in [0.2, 0.25) is 10.0 Å². The van der Waals surface area contributed by atoms with Gasteiger partial charge in [0.1, 0.15) is 18.5 Å². The van der Waals surface area contributed by atoms with Crippen LogP contribution in [0.3, 0.4) is 0 Å². The van der Waals surface area contributed by atoms with E-state index in [2.05, 4.69) is 61.1 Å². The van der Waals surface area contributed by atoms with Gasteiger partial charge in [-0.05, 0) is 55.0 Å². The molecule has 0 N–H and O–H groups in total. The summed E-state index contributed by atoms with van der Waals surface area (Å²) >= 11 is 12.8. The number of hydrogen-bond donors (Lipinski definition) is 0. The van der Waals surface area contributed by atoms with Crippen LogP contribution in [0.1, 0.15) is 16.8 Å². The molecule has 3 aromatic carbocycles. The molecule has 242 valence electrons. The Labute approximate surface area is 284 Å². The lowest BCUT2D eigenvalue weighted by atomic mass is 10.1. The third kappa shape index (κ3) is 7.45. The van der Waals surface area contributed by atoms with Gasteiger partial charge in [0.15, 0.2) is 5.82 Å². The fourth-order valence-corrected chi connectivity index (χ4v) is 6.64. The van der Waals surface area contributed by atoms with Crippen LogP contribution >= 0.6 is 23.2 Å². The smallest absolute Gasteiger partial charge is 0.215 e. The number of aryl methyl sites for hydroxylation is 1. The lowest BCUT2D eigenvalue weighted by Gasteiger charge is -2.36. The molecule has 9 nitrogen and oxygen atoms in total. The minimum atomic E-state index is -1.08. The number of piperazine rings is 1. The summed E-state index contributed by atoms with van der Waals surface area (Å²) in [4.78, 5) is 18.0. The molecule has 2 aliphatic heterocycles. The second kappa shape index (κ2) is 14.0. The van der Waals surface area contributed by atoms with Crippen LogP contribution in [-0.4, -0.2) is 69.9 Å². The van der Waals surface area contributed by atoms with Crippen LogP contribution < -0.4 is 9.64 Å². The maximum Gasteiger partial charge on any atom is 0.215 e. The largest absolute Gasteiger partial charge is 0.491 e. The number of nitrogens with zero attached hydrogens (tertiary/aromatic N) is 6. The zero-order valence-electron chi connectivity index (χ0n) is 26.1. The fourth-order valence-electron chi connectivity index (χ4n) is 6.09. The number of anilines is 1. The van der Waals surface area contributed by atoms with Crippen LogP contribution in [0.4, 0.5) is 5.69 Å². The molecule has 0 amide bonds. The molecule has 0 spiro atoms. The Hall–Kier alpha value is -3.99. The third-order valence-corrected chi connectivity index (χ3v) is 9.12. The monoisotopic (exact) mass is 670 g/mol. The van der Waals surface area contributed by atoms with Gasteiger partial charge in [-0.1, -0.05) is 53.5 Å². The van der Waals surface area contributed by atoms with Gasteiger partial charge in [0.05, 0.1) is 24.5 Å². The summed E-state index contributed by atoms with van der Waals surface area (Å²) in [5.41, 5.74) is 5.22. The van der Waals surface area contributed by atoms with E-state index >= 15 is 0 Å². The van der Waals surface area contributed by atoms with Crippen molar-refractivity contribution < 1.29 is 14.2 Å². The standard InChI is InChI=1S/C36H36Cl2N6O3/c1-26-12-13-40-35(41-26)28-4-2-27(3-5-28)21-42-16-18-44(19-17-42)30-7-9-31(10-8-30)45-22-32-23-46-36(47-32,24-43-15-14-39-25-43)33-11-6-29(37)20-34(33)38/h2-15,20,25,32H,16-19,21-24H2,1H3. The van der Waals surface area contributed by atoms with Gasteiger partial charge in [-0.3, -0.25) is 4.90 Å². The van der Waals surface area contributed by atoms with Crippen molar-refractivity contribution in [3.8, 4) is 17.1 Å². The second-order valence-corrected chi connectivity index (χ2v) is 12.8. The van der Waals surface area contributed by atoms with Crippen molar-refractivity contribution in [3.63, 3.8) is 0 Å². The van der Waals surface area contributed by atoms with Gasteiger partial charge in [-0.25, -0.2) is 15.0 Å². The average molecular weight is 672 g/mol. The SMILES string of the molecule is Cc1ccnc(-c2ccc(CN3CCN(c4ccc(OCC5COC(Cn6ccnc6)(c6ccc(Cl)cc6Cl)O5)cc4)CC3)cc2)n1. The summed E-state index contributed by atoms with van der Waals surface area (Å²) in [5, 5.41) is 1.04. The van der Waals surface area contributed by atoms with Crippen LogP contribution in [0.5, 0.6) is 5.75 Å². The van der Waals surface area contributed by atoms with E-state index in [1.165, 1.54) is 11.3 Å². The van der Waals surface area contributed by atoms with Crippen molar-refractivity contribution in [2.75, 3.05) is 44.3 Å². The number of aromatic nitrogens is 4.